The van der Waals surface area contributed by atoms with Crippen LogP contribution in [0.25, 0.3) is 11.0 Å². The van der Waals surface area contributed by atoms with E-state index >= 15 is 0 Å². The molecule has 3 rings (SSSR count). The maximum atomic E-state index is 9.16. The van der Waals surface area contributed by atoms with Crippen molar-refractivity contribution in [3.05, 3.63) is 29.4 Å². The summed E-state index contributed by atoms with van der Waals surface area (Å²) in [5.41, 5.74) is 1.69. The van der Waals surface area contributed by atoms with Gasteiger partial charge in [-0.25, -0.2) is 4.98 Å². The van der Waals surface area contributed by atoms with E-state index in [1.165, 1.54) is 0 Å². The molecular formula is C14H16ClN3O. The van der Waals surface area contributed by atoms with Crippen LogP contribution in [0.5, 0.6) is 0 Å². The van der Waals surface area contributed by atoms with Crippen molar-refractivity contribution >= 4 is 28.5 Å². The number of aliphatic hydroxyl groups is 1. The van der Waals surface area contributed by atoms with Crippen LogP contribution in [-0.4, -0.2) is 34.8 Å². The number of aliphatic hydroxyl groups excluding tert-OH is 1. The molecule has 100 valence electrons. The van der Waals surface area contributed by atoms with Crippen LogP contribution in [0.4, 0.5) is 5.82 Å². The second kappa shape index (κ2) is 5.31. The summed E-state index contributed by atoms with van der Waals surface area (Å²) in [7, 11) is 0. The van der Waals surface area contributed by atoms with Crippen molar-refractivity contribution in [2.24, 2.45) is 5.92 Å². The Kier molecular flexibility index (Phi) is 3.53. The van der Waals surface area contributed by atoms with Gasteiger partial charge in [0.15, 0.2) is 0 Å². The molecule has 0 spiro atoms. The first-order valence-corrected chi connectivity index (χ1v) is 6.92. The molecule has 1 aliphatic rings. The molecule has 0 atom stereocenters. The summed E-state index contributed by atoms with van der Waals surface area (Å²) in [6.07, 6.45) is 3.83. The number of rotatable bonds is 2. The number of benzene rings is 1. The van der Waals surface area contributed by atoms with Gasteiger partial charge in [0.25, 0.3) is 0 Å². The Morgan fingerprint density at radius 1 is 1.26 bits per heavy atom. The molecule has 0 radical (unpaired) electrons. The first-order chi connectivity index (χ1) is 9.26. The maximum Gasteiger partial charge on any atom is 0.147 e. The highest BCUT2D eigenvalue weighted by Gasteiger charge is 2.19. The van der Waals surface area contributed by atoms with Crippen LogP contribution >= 0.6 is 11.6 Å². The number of fused-ring (bicyclic) bond motifs is 1. The van der Waals surface area contributed by atoms with Crippen LogP contribution in [0.1, 0.15) is 12.8 Å². The Morgan fingerprint density at radius 3 is 2.79 bits per heavy atom. The van der Waals surface area contributed by atoms with Gasteiger partial charge in [-0.05, 0) is 37.0 Å². The fourth-order valence-electron chi connectivity index (χ4n) is 2.47. The highest BCUT2D eigenvalue weighted by atomic mass is 35.5. The Balaban J connectivity index is 1.84. The lowest BCUT2D eigenvalue weighted by molar-refractivity contribution is 0.203. The average Bonchev–Trinajstić information content (AvgIpc) is 2.47. The fourth-order valence-corrected chi connectivity index (χ4v) is 2.64. The zero-order chi connectivity index (χ0) is 13.2. The van der Waals surface area contributed by atoms with Gasteiger partial charge in [0, 0.05) is 24.7 Å². The highest BCUT2D eigenvalue weighted by molar-refractivity contribution is 6.31. The van der Waals surface area contributed by atoms with E-state index in [9.17, 15) is 0 Å². The van der Waals surface area contributed by atoms with Crippen LogP contribution in [-0.2, 0) is 0 Å². The highest BCUT2D eigenvalue weighted by Crippen LogP contribution is 2.23. The number of halogens is 1. The maximum absolute atomic E-state index is 9.16. The summed E-state index contributed by atoms with van der Waals surface area (Å²) >= 11 is 5.94. The number of hydrogen-bond acceptors (Lipinski definition) is 4. The number of hydrogen-bond donors (Lipinski definition) is 1. The molecule has 0 bridgehead atoms. The van der Waals surface area contributed by atoms with E-state index in [0.717, 1.165) is 42.8 Å². The largest absolute Gasteiger partial charge is 0.396 e. The van der Waals surface area contributed by atoms with Gasteiger partial charge in [0.05, 0.1) is 17.2 Å². The molecule has 1 N–H and O–H groups in total. The van der Waals surface area contributed by atoms with Crippen molar-refractivity contribution in [2.45, 2.75) is 12.8 Å². The minimum atomic E-state index is 0.287. The molecule has 5 heteroatoms. The van der Waals surface area contributed by atoms with Crippen LogP contribution in [0.15, 0.2) is 24.4 Å². The Hall–Kier alpha value is -1.39. The van der Waals surface area contributed by atoms with Gasteiger partial charge in [-0.15, -0.1) is 0 Å². The molecule has 1 aromatic heterocycles. The first kappa shape index (κ1) is 12.6. The van der Waals surface area contributed by atoms with Crippen LogP contribution < -0.4 is 4.90 Å². The van der Waals surface area contributed by atoms with Gasteiger partial charge in [0.1, 0.15) is 5.82 Å². The standard InChI is InChI=1S/C14H16ClN3O/c15-11-1-2-12-13(7-11)16-8-14(17-12)18-5-3-10(9-19)4-6-18/h1-2,7-8,10,19H,3-6,9H2. The molecule has 1 aromatic carbocycles. The molecule has 0 unspecified atom stereocenters. The van der Waals surface area contributed by atoms with Crippen molar-refractivity contribution in [3.8, 4) is 0 Å². The predicted octanol–water partition coefficient (Wildman–Crippen LogP) is 2.49. The van der Waals surface area contributed by atoms with Gasteiger partial charge in [0.2, 0.25) is 0 Å². The summed E-state index contributed by atoms with van der Waals surface area (Å²) in [5.74, 6) is 1.34. The molecule has 2 heterocycles. The van der Waals surface area contributed by atoms with E-state index < -0.39 is 0 Å². The van der Waals surface area contributed by atoms with Crippen LogP contribution in [0.2, 0.25) is 5.02 Å². The van der Waals surface area contributed by atoms with Crippen molar-refractivity contribution in [1.82, 2.24) is 9.97 Å². The lowest BCUT2D eigenvalue weighted by atomic mass is 9.98. The zero-order valence-electron chi connectivity index (χ0n) is 10.6. The lowest BCUT2D eigenvalue weighted by Crippen LogP contribution is -2.35. The number of aromatic nitrogens is 2. The topological polar surface area (TPSA) is 49.2 Å². The SMILES string of the molecule is OCC1CCN(c2cnc3cc(Cl)ccc3n2)CC1. The smallest absolute Gasteiger partial charge is 0.147 e. The number of anilines is 1. The summed E-state index contributed by atoms with van der Waals surface area (Å²) in [6, 6.07) is 5.56. The molecule has 0 amide bonds. The molecule has 19 heavy (non-hydrogen) atoms. The first-order valence-electron chi connectivity index (χ1n) is 6.54. The lowest BCUT2D eigenvalue weighted by Gasteiger charge is -2.31. The van der Waals surface area contributed by atoms with E-state index in [-0.39, 0.29) is 6.61 Å². The molecule has 1 aliphatic heterocycles. The molecule has 0 saturated carbocycles. The van der Waals surface area contributed by atoms with Gasteiger partial charge in [-0.1, -0.05) is 11.6 Å². The zero-order valence-corrected chi connectivity index (χ0v) is 11.3. The third kappa shape index (κ3) is 2.65. The summed E-state index contributed by atoms with van der Waals surface area (Å²) < 4.78 is 0. The second-order valence-electron chi connectivity index (χ2n) is 4.97. The molecule has 1 fully saturated rings. The second-order valence-corrected chi connectivity index (χ2v) is 5.41. The molecule has 2 aromatic rings. The Bertz CT molecular complexity index is 582. The minimum absolute atomic E-state index is 0.287. The fraction of sp³-hybridized carbons (Fsp3) is 0.429. The third-order valence-electron chi connectivity index (χ3n) is 3.69. The van der Waals surface area contributed by atoms with E-state index in [0.29, 0.717) is 10.9 Å². The Morgan fingerprint density at radius 2 is 2.05 bits per heavy atom. The van der Waals surface area contributed by atoms with E-state index in [1.807, 2.05) is 18.2 Å². The molecule has 1 saturated heterocycles. The summed E-state index contributed by atoms with van der Waals surface area (Å²) in [6.45, 7) is 2.15. The van der Waals surface area contributed by atoms with Gasteiger partial charge in [-0.2, -0.15) is 0 Å². The van der Waals surface area contributed by atoms with Gasteiger partial charge >= 0.3 is 0 Å². The monoisotopic (exact) mass is 277 g/mol. The minimum Gasteiger partial charge on any atom is -0.396 e. The van der Waals surface area contributed by atoms with Crippen molar-refractivity contribution in [3.63, 3.8) is 0 Å². The number of piperidine rings is 1. The summed E-state index contributed by atoms with van der Waals surface area (Å²) in [4.78, 5) is 11.3. The van der Waals surface area contributed by atoms with E-state index in [1.54, 1.807) is 6.20 Å². The van der Waals surface area contributed by atoms with Crippen molar-refractivity contribution in [2.75, 3.05) is 24.6 Å². The predicted molar refractivity (Wildman–Crippen MR) is 76.6 cm³/mol. The number of nitrogens with zero attached hydrogens (tertiary/aromatic N) is 3. The molecule has 4 nitrogen and oxygen atoms in total. The van der Waals surface area contributed by atoms with E-state index in [2.05, 4.69) is 14.9 Å². The van der Waals surface area contributed by atoms with Crippen molar-refractivity contribution in [1.29, 1.82) is 0 Å². The molecule has 0 aliphatic carbocycles. The quantitative estimate of drug-likeness (QED) is 0.916. The Labute approximate surface area is 117 Å². The summed E-state index contributed by atoms with van der Waals surface area (Å²) in [5, 5.41) is 9.84. The normalized spacial score (nSPS) is 17.1. The van der Waals surface area contributed by atoms with Crippen LogP contribution in [0.3, 0.4) is 0 Å². The average molecular weight is 278 g/mol. The van der Waals surface area contributed by atoms with E-state index in [4.69, 9.17) is 16.7 Å². The third-order valence-corrected chi connectivity index (χ3v) is 3.92. The van der Waals surface area contributed by atoms with Crippen molar-refractivity contribution < 1.29 is 5.11 Å². The van der Waals surface area contributed by atoms with Crippen LogP contribution in [0, 0.1) is 5.92 Å². The molecular weight excluding hydrogens is 262 g/mol. The van der Waals surface area contributed by atoms with Gasteiger partial charge < -0.3 is 10.0 Å². The van der Waals surface area contributed by atoms with Gasteiger partial charge in [-0.3, -0.25) is 4.98 Å².